The van der Waals surface area contributed by atoms with Crippen LogP contribution in [-0.2, 0) is 12.7 Å². The Kier molecular flexibility index (Phi) is 4.33. The maximum absolute atomic E-state index is 12.6. The molecule has 0 spiro atoms. The zero-order valence-electron chi connectivity index (χ0n) is 11.3. The fourth-order valence-electron chi connectivity index (χ4n) is 1.92. The summed E-state index contributed by atoms with van der Waals surface area (Å²) in [6.45, 7) is 0.156. The minimum atomic E-state index is -4.38. The SMILES string of the molecule is N#Cc1cc(C#N)cc(NCc2cccc(C(F)(F)F)c2)c1. The van der Waals surface area contributed by atoms with E-state index in [1.165, 1.54) is 24.3 Å². The zero-order chi connectivity index (χ0) is 16.2. The van der Waals surface area contributed by atoms with Crippen molar-refractivity contribution in [1.29, 1.82) is 10.5 Å². The van der Waals surface area contributed by atoms with Crippen LogP contribution < -0.4 is 5.32 Å². The van der Waals surface area contributed by atoms with Crippen LogP contribution in [0.5, 0.6) is 0 Å². The number of alkyl halides is 3. The molecule has 0 saturated carbocycles. The van der Waals surface area contributed by atoms with Crippen LogP contribution in [-0.4, -0.2) is 0 Å². The van der Waals surface area contributed by atoms with Crippen LogP contribution in [0.15, 0.2) is 42.5 Å². The van der Waals surface area contributed by atoms with Crippen LogP contribution in [0.2, 0.25) is 0 Å². The van der Waals surface area contributed by atoms with Gasteiger partial charge in [0.25, 0.3) is 0 Å². The summed E-state index contributed by atoms with van der Waals surface area (Å²) in [5.41, 5.74) is 0.871. The molecule has 0 aromatic heterocycles. The maximum atomic E-state index is 12.6. The van der Waals surface area contributed by atoms with E-state index in [4.69, 9.17) is 10.5 Å². The molecule has 2 rings (SSSR count). The molecule has 110 valence electrons. The topological polar surface area (TPSA) is 59.6 Å². The first-order valence-corrected chi connectivity index (χ1v) is 6.27. The predicted octanol–water partition coefficient (Wildman–Crippen LogP) is 4.06. The molecule has 0 amide bonds. The Morgan fingerprint density at radius 2 is 1.59 bits per heavy atom. The van der Waals surface area contributed by atoms with Crippen molar-refractivity contribution >= 4 is 5.69 Å². The van der Waals surface area contributed by atoms with Crippen molar-refractivity contribution in [2.75, 3.05) is 5.32 Å². The number of benzene rings is 2. The Morgan fingerprint density at radius 1 is 0.955 bits per heavy atom. The van der Waals surface area contributed by atoms with Gasteiger partial charge in [-0.3, -0.25) is 0 Å². The molecule has 2 aromatic carbocycles. The van der Waals surface area contributed by atoms with E-state index < -0.39 is 11.7 Å². The summed E-state index contributed by atoms with van der Waals surface area (Å²) in [6, 6.07) is 13.4. The first-order valence-electron chi connectivity index (χ1n) is 6.27. The van der Waals surface area contributed by atoms with Gasteiger partial charge in [-0.15, -0.1) is 0 Å². The van der Waals surface area contributed by atoms with E-state index in [0.717, 1.165) is 12.1 Å². The van der Waals surface area contributed by atoms with Gasteiger partial charge in [0.1, 0.15) is 0 Å². The summed E-state index contributed by atoms with van der Waals surface area (Å²) in [7, 11) is 0. The highest BCUT2D eigenvalue weighted by Crippen LogP contribution is 2.29. The molecule has 0 unspecified atom stereocenters. The summed E-state index contributed by atoms with van der Waals surface area (Å²) in [5, 5.41) is 20.7. The van der Waals surface area contributed by atoms with E-state index in [1.807, 2.05) is 12.1 Å². The Balaban J connectivity index is 2.17. The van der Waals surface area contributed by atoms with E-state index in [0.29, 0.717) is 22.4 Å². The van der Waals surface area contributed by atoms with Crippen molar-refractivity contribution < 1.29 is 13.2 Å². The number of nitrogens with one attached hydrogen (secondary N) is 1. The molecular weight excluding hydrogens is 291 g/mol. The van der Waals surface area contributed by atoms with Gasteiger partial charge in [-0.25, -0.2) is 0 Å². The van der Waals surface area contributed by atoms with Crippen molar-refractivity contribution in [1.82, 2.24) is 0 Å². The molecule has 1 N–H and O–H groups in total. The molecule has 22 heavy (non-hydrogen) atoms. The number of anilines is 1. The number of hydrogen-bond donors (Lipinski definition) is 1. The van der Waals surface area contributed by atoms with E-state index in [2.05, 4.69) is 5.32 Å². The smallest absolute Gasteiger partial charge is 0.381 e. The first-order chi connectivity index (χ1) is 10.4. The van der Waals surface area contributed by atoms with Gasteiger partial charge in [0.05, 0.1) is 28.8 Å². The molecule has 0 bridgehead atoms. The third-order valence-corrected chi connectivity index (χ3v) is 2.94. The number of hydrogen-bond acceptors (Lipinski definition) is 3. The highest BCUT2D eigenvalue weighted by atomic mass is 19.4. The maximum Gasteiger partial charge on any atom is 0.416 e. The highest BCUT2D eigenvalue weighted by Gasteiger charge is 2.30. The summed E-state index contributed by atoms with van der Waals surface area (Å²) in [6.07, 6.45) is -4.38. The Bertz CT molecular complexity index is 735. The molecular formula is C16H10F3N3. The number of rotatable bonds is 3. The quantitative estimate of drug-likeness (QED) is 0.930. The average Bonchev–Trinajstić information content (AvgIpc) is 2.52. The Labute approximate surface area is 125 Å². The summed E-state index contributed by atoms with van der Waals surface area (Å²) >= 11 is 0. The second-order valence-corrected chi connectivity index (χ2v) is 4.57. The summed E-state index contributed by atoms with van der Waals surface area (Å²) < 4.78 is 37.9. The van der Waals surface area contributed by atoms with E-state index in [-0.39, 0.29) is 6.54 Å². The molecule has 0 atom stereocenters. The van der Waals surface area contributed by atoms with Crippen LogP contribution in [0, 0.1) is 22.7 Å². The fourth-order valence-corrected chi connectivity index (χ4v) is 1.92. The number of halogens is 3. The highest BCUT2D eigenvalue weighted by molar-refractivity contribution is 5.55. The lowest BCUT2D eigenvalue weighted by Crippen LogP contribution is -2.07. The molecule has 0 saturated heterocycles. The minimum absolute atomic E-state index is 0.156. The van der Waals surface area contributed by atoms with E-state index >= 15 is 0 Å². The number of nitrogens with zero attached hydrogens (tertiary/aromatic N) is 2. The zero-order valence-corrected chi connectivity index (χ0v) is 11.3. The van der Waals surface area contributed by atoms with Gasteiger partial charge < -0.3 is 5.32 Å². The summed E-state index contributed by atoms with van der Waals surface area (Å²) in [4.78, 5) is 0. The fraction of sp³-hybridized carbons (Fsp3) is 0.125. The second-order valence-electron chi connectivity index (χ2n) is 4.57. The van der Waals surface area contributed by atoms with Crippen molar-refractivity contribution in [3.8, 4) is 12.1 Å². The van der Waals surface area contributed by atoms with Crippen molar-refractivity contribution in [3.63, 3.8) is 0 Å². The number of nitriles is 2. The normalized spacial score (nSPS) is 10.6. The monoisotopic (exact) mass is 301 g/mol. The van der Waals surface area contributed by atoms with Crippen LogP contribution in [0.3, 0.4) is 0 Å². The second kappa shape index (κ2) is 6.19. The molecule has 0 heterocycles. The Hall–Kier alpha value is -2.99. The van der Waals surface area contributed by atoms with Gasteiger partial charge in [-0.2, -0.15) is 23.7 Å². The van der Waals surface area contributed by atoms with Gasteiger partial charge in [0.2, 0.25) is 0 Å². The first kappa shape index (κ1) is 15.4. The molecule has 2 aromatic rings. The standard InChI is InChI=1S/C16H10F3N3/c17-16(18,19)14-3-1-2-11(5-14)10-22-15-6-12(8-20)4-13(7-15)9-21/h1-7,22H,10H2. The molecule has 0 aliphatic carbocycles. The lowest BCUT2D eigenvalue weighted by molar-refractivity contribution is -0.137. The Morgan fingerprint density at radius 3 is 2.14 bits per heavy atom. The lowest BCUT2D eigenvalue weighted by Gasteiger charge is -2.10. The van der Waals surface area contributed by atoms with Crippen LogP contribution >= 0.6 is 0 Å². The van der Waals surface area contributed by atoms with Crippen molar-refractivity contribution in [2.45, 2.75) is 12.7 Å². The van der Waals surface area contributed by atoms with Gasteiger partial charge in [-0.05, 0) is 35.9 Å². The largest absolute Gasteiger partial charge is 0.416 e. The molecule has 0 fully saturated rings. The van der Waals surface area contributed by atoms with Gasteiger partial charge in [0, 0.05) is 12.2 Å². The van der Waals surface area contributed by atoms with Crippen molar-refractivity contribution in [2.24, 2.45) is 0 Å². The molecule has 3 nitrogen and oxygen atoms in total. The predicted molar refractivity (Wildman–Crippen MR) is 74.6 cm³/mol. The van der Waals surface area contributed by atoms with E-state index in [9.17, 15) is 13.2 Å². The van der Waals surface area contributed by atoms with E-state index in [1.54, 1.807) is 6.07 Å². The van der Waals surface area contributed by atoms with Crippen LogP contribution in [0.25, 0.3) is 0 Å². The lowest BCUT2D eigenvalue weighted by atomic mass is 10.1. The third kappa shape index (κ3) is 3.77. The van der Waals surface area contributed by atoms with Gasteiger partial charge in [0.15, 0.2) is 0 Å². The molecule has 0 aliphatic heterocycles. The molecule has 0 radical (unpaired) electrons. The van der Waals surface area contributed by atoms with Crippen LogP contribution in [0.1, 0.15) is 22.3 Å². The summed E-state index contributed by atoms with van der Waals surface area (Å²) in [5.74, 6) is 0. The third-order valence-electron chi connectivity index (χ3n) is 2.94. The molecule has 6 heteroatoms. The van der Waals surface area contributed by atoms with Gasteiger partial charge >= 0.3 is 6.18 Å². The minimum Gasteiger partial charge on any atom is -0.381 e. The average molecular weight is 301 g/mol. The van der Waals surface area contributed by atoms with Crippen molar-refractivity contribution in [3.05, 3.63) is 64.7 Å². The van der Waals surface area contributed by atoms with Crippen LogP contribution in [0.4, 0.5) is 18.9 Å². The molecule has 0 aliphatic rings. The van der Waals surface area contributed by atoms with Gasteiger partial charge in [-0.1, -0.05) is 12.1 Å².